The summed E-state index contributed by atoms with van der Waals surface area (Å²) in [4.78, 5) is 25.9. The van der Waals surface area contributed by atoms with Gasteiger partial charge < -0.3 is 14.7 Å². The number of carbonyl (C=O) groups is 2. The third kappa shape index (κ3) is 2.82. The van der Waals surface area contributed by atoms with E-state index in [1.165, 1.54) is 11.3 Å². The first-order chi connectivity index (χ1) is 9.06. The Balaban J connectivity index is 2.33. The molecule has 0 saturated carbocycles. The molecule has 0 bridgehead atoms. The number of amides is 1. The highest BCUT2D eigenvalue weighted by molar-refractivity contribution is 9.10. The van der Waals surface area contributed by atoms with Crippen LogP contribution in [-0.2, 0) is 14.3 Å². The van der Waals surface area contributed by atoms with Crippen molar-refractivity contribution < 1.29 is 19.4 Å². The van der Waals surface area contributed by atoms with Crippen molar-refractivity contribution in [2.45, 2.75) is 12.5 Å². The molecule has 2 unspecified atom stereocenters. The van der Waals surface area contributed by atoms with Gasteiger partial charge in [-0.05, 0) is 27.4 Å². The van der Waals surface area contributed by atoms with E-state index in [1.54, 1.807) is 12.0 Å². The molecule has 1 aromatic rings. The third-order valence-electron chi connectivity index (χ3n) is 3.20. The molecule has 0 aromatic carbocycles. The van der Waals surface area contributed by atoms with Crippen LogP contribution in [0.5, 0.6) is 0 Å². The highest BCUT2D eigenvalue weighted by Gasteiger charge is 2.45. The highest BCUT2D eigenvalue weighted by atomic mass is 79.9. The zero-order valence-corrected chi connectivity index (χ0v) is 12.7. The van der Waals surface area contributed by atoms with Crippen LogP contribution in [0.15, 0.2) is 15.9 Å². The lowest BCUT2D eigenvalue weighted by Crippen LogP contribution is -2.33. The Morgan fingerprint density at radius 3 is 2.95 bits per heavy atom. The maximum atomic E-state index is 12.0. The number of methoxy groups -OCH3 is 1. The molecular weight excluding hydrogens is 334 g/mol. The molecule has 1 fully saturated rings. The first kappa shape index (κ1) is 14.5. The Bertz CT molecular complexity index is 490. The summed E-state index contributed by atoms with van der Waals surface area (Å²) >= 11 is 4.88. The predicted octanol–water partition coefficient (Wildman–Crippen LogP) is 2.13. The second kappa shape index (κ2) is 6.02. The van der Waals surface area contributed by atoms with Crippen LogP contribution in [0.25, 0.3) is 0 Å². The average Bonchev–Trinajstić information content (AvgIpc) is 2.90. The molecule has 0 aliphatic carbocycles. The van der Waals surface area contributed by atoms with Gasteiger partial charge in [-0.25, -0.2) is 0 Å². The summed E-state index contributed by atoms with van der Waals surface area (Å²) in [5, 5.41) is 11.2. The fourth-order valence-electron chi connectivity index (χ4n) is 2.31. The van der Waals surface area contributed by atoms with Crippen molar-refractivity contribution in [3.63, 3.8) is 0 Å². The predicted molar refractivity (Wildman–Crippen MR) is 74.1 cm³/mol. The van der Waals surface area contributed by atoms with Gasteiger partial charge in [0.25, 0.3) is 0 Å². The monoisotopic (exact) mass is 347 g/mol. The molecule has 1 aromatic heterocycles. The molecule has 2 rings (SSSR count). The quantitative estimate of drug-likeness (QED) is 0.885. The number of aliphatic carboxylic acids is 1. The Kier molecular flexibility index (Phi) is 4.59. The summed E-state index contributed by atoms with van der Waals surface area (Å²) in [6.45, 7) is 0.811. The molecule has 0 radical (unpaired) electrons. The molecule has 1 N–H and O–H groups in total. The van der Waals surface area contributed by atoms with Crippen LogP contribution in [-0.4, -0.2) is 42.1 Å². The van der Waals surface area contributed by atoms with Crippen molar-refractivity contribution >= 4 is 39.1 Å². The van der Waals surface area contributed by atoms with Crippen molar-refractivity contribution in [3.8, 4) is 0 Å². The molecule has 1 aliphatic rings. The van der Waals surface area contributed by atoms with Crippen molar-refractivity contribution in [3.05, 3.63) is 20.8 Å². The first-order valence-corrected chi connectivity index (χ1v) is 7.47. The van der Waals surface area contributed by atoms with E-state index in [9.17, 15) is 14.7 Å². The number of hydrogen-bond acceptors (Lipinski definition) is 4. The van der Waals surface area contributed by atoms with E-state index in [-0.39, 0.29) is 12.3 Å². The topological polar surface area (TPSA) is 66.8 Å². The van der Waals surface area contributed by atoms with Gasteiger partial charge in [-0.1, -0.05) is 0 Å². The Morgan fingerprint density at radius 2 is 2.42 bits per heavy atom. The Hall–Kier alpha value is -0.920. The zero-order chi connectivity index (χ0) is 14.0. The average molecular weight is 348 g/mol. The van der Waals surface area contributed by atoms with Gasteiger partial charge in [0.05, 0.1) is 18.6 Å². The molecule has 5 nitrogen and oxygen atoms in total. The van der Waals surface area contributed by atoms with E-state index in [2.05, 4.69) is 15.9 Å². The number of halogens is 1. The number of likely N-dealkylation sites (tertiary alicyclic amines) is 1. The van der Waals surface area contributed by atoms with Crippen LogP contribution in [0.2, 0.25) is 0 Å². The van der Waals surface area contributed by atoms with Gasteiger partial charge in [-0.2, -0.15) is 0 Å². The molecule has 7 heteroatoms. The molecular formula is C12H14BrNO4S. The van der Waals surface area contributed by atoms with Crippen LogP contribution >= 0.6 is 27.3 Å². The largest absolute Gasteiger partial charge is 0.481 e. The molecule has 2 atom stereocenters. The van der Waals surface area contributed by atoms with Gasteiger partial charge in [-0.3, -0.25) is 9.59 Å². The smallest absolute Gasteiger partial charge is 0.309 e. The second-order valence-electron chi connectivity index (χ2n) is 4.31. The van der Waals surface area contributed by atoms with E-state index in [1.807, 2.05) is 11.4 Å². The molecule has 104 valence electrons. The number of hydrogen-bond donors (Lipinski definition) is 1. The minimum Gasteiger partial charge on any atom is -0.481 e. The van der Waals surface area contributed by atoms with E-state index < -0.39 is 17.9 Å². The van der Waals surface area contributed by atoms with Crippen molar-refractivity contribution in [1.29, 1.82) is 0 Å². The van der Waals surface area contributed by atoms with E-state index in [0.717, 1.165) is 9.35 Å². The maximum absolute atomic E-state index is 12.0. The lowest BCUT2D eigenvalue weighted by molar-refractivity contribution is -0.142. The number of carbonyl (C=O) groups excluding carboxylic acids is 1. The minimum absolute atomic E-state index is 0.0497. The summed E-state index contributed by atoms with van der Waals surface area (Å²) in [5.41, 5.74) is 0. The number of carboxylic acids is 1. The third-order valence-corrected chi connectivity index (χ3v) is 5.14. The first-order valence-electron chi connectivity index (χ1n) is 5.80. The van der Waals surface area contributed by atoms with Crippen molar-refractivity contribution in [2.24, 2.45) is 5.92 Å². The number of rotatable bonds is 5. The number of nitrogens with zero attached hydrogens (tertiary/aromatic N) is 1. The molecule has 1 aliphatic heterocycles. The van der Waals surface area contributed by atoms with Crippen LogP contribution in [0.4, 0.5) is 0 Å². The molecule has 2 heterocycles. The minimum atomic E-state index is -0.932. The van der Waals surface area contributed by atoms with Gasteiger partial charge in [0, 0.05) is 29.4 Å². The van der Waals surface area contributed by atoms with E-state index in [4.69, 9.17) is 4.74 Å². The summed E-state index contributed by atoms with van der Waals surface area (Å²) in [5.74, 6) is -1.76. The summed E-state index contributed by atoms with van der Waals surface area (Å²) < 4.78 is 5.85. The Morgan fingerprint density at radius 1 is 1.68 bits per heavy atom. The van der Waals surface area contributed by atoms with Gasteiger partial charge in [0.15, 0.2) is 0 Å². The molecule has 19 heavy (non-hydrogen) atoms. The van der Waals surface area contributed by atoms with Crippen LogP contribution < -0.4 is 0 Å². The standard InChI is InChI=1S/C12H14BrNO4S/c1-18-4-3-14-9(15)6-7(12(16)17)10(14)11-8(13)2-5-19-11/h2,5,7,10H,3-4,6H2,1H3,(H,16,17). The van der Waals surface area contributed by atoms with Crippen molar-refractivity contribution in [1.82, 2.24) is 4.90 Å². The van der Waals surface area contributed by atoms with E-state index >= 15 is 0 Å². The fourth-order valence-corrected chi connectivity index (χ4v) is 4.09. The summed E-state index contributed by atoms with van der Waals surface area (Å²) in [6.07, 6.45) is 0.0497. The number of thiophene rings is 1. The van der Waals surface area contributed by atoms with Crippen LogP contribution in [0.1, 0.15) is 17.3 Å². The van der Waals surface area contributed by atoms with Gasteiger partial charge in [0.1, 0.15) is 0 Å². The van der Waals surface area contributed by atoms with Crippen LogP contribution in [0, 0.1) is 5.92 Å². The summed E-state index contributed by atoms with van der Waals surface area (Å²) in [6, 6.07) is 1.46. The number of carboxylic acid groups (broad SMARTS) is 1. The van der Waals surface area contributed by atoms with E-state index in [0.29, 0.717) is 13.2 Å². The number of ether oxygens (including phenoxy) is 1. The second-order valence-corrected chi connectivity index (χ2v) is 6.11. The summed E-state index contributed by atoms with van der Waals surface area (Å²) in [7, 11) is 1.56. The Labute approximate surface area is 123 Å². The van der Waals surface area contributed by atoms with Gasteiger partial charge >= 0.3 is 5.97 Å². The van der Waals surface area contributed by atoms with Gasteiger partial charge in [-0.15, -0.1) is 11.3 Å². The van der Waals surface area contributed by atoms with Crippen LogP contribution in [0.3, 0.4) is 0 Å². The lowest BCUT2D eigenvalue weighted by atomic mass is 9.99. The highest BCUT2D eigenvalue weighted by Crippen LogP contribution is 2.43. The van der Waals surface area contributed by atoms with Crippen molar-refractivity contribution in [2.75, 3.05) is 20.3 Å². The molecule has 1 amide bonds. The molecule has 0 spiro atoms. The van der Waals surface area contributed by atoms with Gasteiger partial charge in [0.2, 0.25) is 5.91 Å². The maximum Gasteiger partial charge on any atom is 0.309 e. The SMILES string of the molecule is COCCN1C(=O)CC(C(=O)O)C1c1sccc1Br. The fraction of sp³-hybridized carbons (Fsp3) is 0.500. The zero-order valence-electron chi connectivity index (χ0n) is 10.3. The lowest BCUT2D eigenvalue weighted by Gasteiger charge is -2.26. The molecule has 1 saturated heterocycles. The normalized spacial score (nSPS) is 23.1.